The number of epoxide rings is 1. The van der Waals surface area contributed by atoms with Gasteiger partial charge in [-0.25, -0.2) is 0 Å². The SMILES string of the molecule is CC(=O)c1cccc(/C=C(\C)[C@@H]2C[C@@H]3O[C@]3(C)CCCC(C)C(O)[C@@H](C)C(=O)C(C)(C)[C@@H](O)CC(=O)O2)c1. The second-order valence-electron chi connectivity index (χ2n) is 12.2. The molecule has 2 heterocycles. The number of aliphatic hydroxyl groups is 2. The Hall–Kier alpha value is -2.35. The van der Waals surface area contributed by atoms with Crippen molar-refractivity contribution in [2.75, 3.05) is 0 Å². The highest BCUT2D eigenvalue weighted by Crippen LogP contribution is 2.45. The maximum absolute atomic E-state index is 13.3. The second kappa shape index (κ2) is 11.8. The van der Waals surface area contributed by atoms with Crippen molar-refractivity contribution < 1.29 is 34.1 Å². The van der Waals surface area contributed by atoms with Gasteiger partial charge in [0.05, 0.1) is 35.7 Å². The quantitative estimate of drug-likeness (QED) is 0.325. The monoisotopic (exact) mass is 528 g/mol. The van der Waals surface area contributed by atoms with E-state index in [9.17, 15) is 24.6 Å². The van der Waals surface area contributed by atoms with Gasteiger partial charge < -0.3 is 19.7 Å². The van der Waals surface area contributed by atoms with E-state index in [0.717, 1.165) is 30.4 Å². The number of cyclic esters (lactones) is 1. The van der Waals surface area contributed by atoms with Gasteiger partial charge in [-0.1, -0.05) is 58.4 Å². The molecule has 7 heteroatoms. The van der Waals surface area contributed by atoms with Crippen LogP contribution in [0.3, 0.4) is 0 Å². The largest absolute Gasteiger partial charge is 0.458 e. The molecule has 210 valence electrons. The minimum absolute atomic E-state index is 0.0292. The Balaban J connectivity index is 1.88. The Bertz CT molecular complexity index is 1070. The number of aliphatic hydroxyl groups excluding tert-OH is 2. The van der Waals surface area contributed by atoms with E-state index in [1.54, 1.807) is 32.9 Å². The van der Waals surface area contributed by atoms with Crippen molar-refractivity contribution in [3.05, 3.63) is 41.0 Å². The topological polar surface area (TPSA) is 113 Å². The number of rotatable bonds is 3. The highest BCUT2D eigenvalue weighted by molar-refractivity contribution is 5.94. The molecule has 2 aliphatic heterocycles. The maximum atomic E-state index is 13.3. The van der Waals surface area contributed by atoms with Crippen LogP contribution in [0.5, 0.6) is 0 Å². The number of carbonyl (C=O) groups is 3. The Labute approximate surface area is 226 Å². The first-order chi connectivity index (χ1) is 17.7. The zero-order chi connectivity index (χ0) is 28.4. The molecule has 38 heavy (non-hydrogen) atoms. The van der Waals surface area contributed by atoms with Gasteiger partial charge in [0.25, 0.3) is 0 Å². The van der Waals surface area contributed by atoms with Gasteiger partial charge in [-0.05, 0) is 56.7 Å². The van der Waals surface area contributed by atoms with E-state index >= 15 is 0 Å². The smallest absolute Gasteiger partial charge is 0.309 e. The molecule has 0 aromatic heterocycles. The predicted octanol–water partition coefficient (Wildman–Crippen LogP) is 4.92. The molecule has 2 fully saturated rings. The molecule has 0 radical (unpaired) electrons. The van der Waals surface area contributed by atoms with Crippen molar-refractivity contribution in [2.45, 2.75) is 111 Å². The number of fused-ring (bicyclic) bond motifs is 1. The van der Waals surface area contributed by atoms with Crippen molar-refractivity contribution in [3.63, 3.8) is 0 Å². The predicted molar refractivity (Wildman–Crippen MR) is 145 cm³/mol. The van der Waals surface area contributed by atoms with Crippen LogP contribution in [-0.2, 0) is 19.1 Å². The Kier molecular flexibility index (Phi) is 9.38. The summed E-state index contributed by atoms with van der Waals surface area (Å²) in [5.74, 6) is -1.69. The molecule has 3 rings (SSSR count). The molecule has 2 aliphatic rings. The lowest BCUT2D eigenvalue weighted by Crippen LogP contribution is -2.45. The van der Waals surface area contributed by atoms with Crippen LogP contribution in [-0.4, -0.2) is 57.8 Å². The summed E-state index contributed by atoms with van der Waals surface area (Å²) in [5, 5.41) is 21.8. The normalized spacial score (nSPS) is 35.2. The van der Waals surface area contributed by atoms with Crippen molar-refractivity contribution >= 4 is 23.6 Å². The van der Waals surface area contributed by atoms with Crippen LogP contribution in [0.2, 0.25) is 0 Å². The third-order valence-electron chi connectivity index (χ3n) is 8.60. The minimum Gasteiger partial charge on any atom is -0.458 e. The lowest BCUT2D eigenvalue weighted by Gasteiger charge is -2.34. The van der Waals surface area contributed by atoms with E-state index in [1.165, 1.54) is 6.92 Å². The number of hydrogen-bond acceptors (Lipinski definition) is 7. The van der Waals surface area contributed by atoms with Crippen LogP contribution in [0.25, 0.3) is 6.08 Å². The second-order valence-corrected chi connectivity index (χ2v) is 12.2. The van der Waals surface area contributed by atoms with E-state index in [2.05, 4.69) is 6.92 Å². The first-order valence-corrected chi connectivity index (χ1v) is 13.7. The van der Waals surface area contributed by atoms with Crippen LogP contribution in [0, 0.1) is 17.3 Å². The van der Waals surface area contributed by atoms with Gasteiger partial charge in [0, 0.05) is 17.9 Å². The fourth-order valence-electron chi connectivity index (χ4n) is 5.50. The minimum atomic E-state index is -1.26. The van der Waals surface area contributed by atoms with Crippen LogP contribution >= 0.6 is 0 Å². The Morgan fingerprint density at radius 2 is 1.79 bits per heavy atom. The molecule has 0 bridgehead atoms. The van der Waals surface area contributed by atoms with E-state index in [0.29, 0.717) is 12.0 Å². The average molecular weight is 529 g/mol. The summed E-state index contributed by atoms with van der Waals surface area (Å²) in [5.41, 5.74) is 0.647. The van der Waals surface area contributed by atoms with Crippen LogP contribution < -0.4 is 0 Å². The number of hydrogen-bond donors (Lipinski definition) is 2. The first kappa shape index (κ1) is 30.2. The van der Waals surface area contributed by atoms with Gasteiger partial charge >= 0.3 is 5.97 Å². The first-order valence-electron chi connectivity index (χ1n) is 13.7. The molecule has 7 nitrogen and oxygen atoms in total. The third kappa shape index (κ3) is 6.99. The highest BCUT2D eigenvalue weighted by atomic mass is 16.6. The number of ketones is 2. The number of benzene rings is 1. The van der Waals surface area contributed by atoms with Gasteiger partial charge in [-0.2, -0.15) is 0 Å². The molecule has 1 aromatic carbocycles. The number of Topliss-reactive ketones (excluding diaryl/α,β-unsaturated/α-hetero) is 2. The van der Waals surface area contributed by atoms with Crippen LogP contribution in [0.4, 0.5) is 0 Å². The standard InChI is InChI=1S/C31H44O7/c1-18-10-9-13-31(7)26(38-31)16-24(19(2)14-22-11-8-12-23(15-22)21(4)32)37-27(34)17-25(33)30(5,6)29(36)20(3)28(18)35/h8,11-12,14-15,18,20,24-26,28,33,35H,9-10,13,16-17H2,1-7H3/b19-14+/t18?,20-,24+,25+,26+,28?,31-/m1/s1. The lowest BCUT2D eigenvalue weighted by molar-refractivity contribution is -0.154. The molecule has 2 saturated heterocycles. The van der Waals surface area contributed by atoms with Gasteiger partial charge in [0.1, 0.15) is 11.9 Å². The van der Waals surface area contributed by atoms with Crippen molar-refractivity contribution in [2.24, 2.45) is 17.3 Å². The summed E-state index contributed by atoms with van der Waals surface area (Å²) in [7, 11) is 0. The highest BCUT2D eigenvalue weighted by Gasteiger charge is 2.53. The van der Waals surface area contributed by atoms with Gasteiger partial charge in [0.15, 0.2) is 5.78 Å². The molecule has 0 aliphatic carbocycles. The summed E-state index contributed by atoms with van der Waals surface area (Å²) < 4.78 is 12.0. The molecular weight excluding hydrogens is 484 g/mol. The van der Waals surface area contributed by atoms with Gasteiger partial charge in [-0.3, -0.25) is 14.4 Å². The van der Waals surface area contributed by atoms with Crippen LogP contribution in [0.1, 0.15) is 96.5 Å². The van der Waals surface area contributed by atoms with E-state index in [1.807, 2.05) is 32.1 Å². The van der Waals surface area contributed by atoms with Crippen molar-refractivity contribution in [1.29, 1.82) is 0 Å². The van der Waals surface area contributed by atoms with Gasteiger partial charge in [0.2, 0.25) is 0 Å². The zero-order valence-corrected chi connectivity index (χ0v) is 23.8. The van der Waals surface area contributed by atoms with Gasteiger partial charge in [-0.15, -0.1) is 0 Å². The lowest BCUT2D eigenvalue weighted by atomic mass is 9.73. The number of carbonyl (C=O) groups excluding carboxylic acids is 3. The van der Waals surface area contributed by atoms with Crippen molar-refractivity contribution in [1.82, 2.24) is 0 Å². The van der Waals surface area contributed by atoms with E-state index in [4.69, 9.17) is 9.47 Å². The van der Waals surface area contributed by atoms with E-state index in [-0.39, 0.29) is 35.6 Å². The van der Waals surface area contributed by atoms with E-state index < -0.39 is 35.6 Å². The number of ether oxygens (including phenoxy) is 2. The Morgan fingerprint density at radius 1 is 1.11 bits per heavy atom. The number of esters is 1. The fourth-order valence-corrected chi connectivity index (χ4v) is 5.50. The average Bonchev–Trinajstić information content (AvgIpc) is 3.49. The van der Waals surface area contributed by atoms with Crippen LogP contribution in [0.15, 0.2) is 29.8 Å². The fraction of sp³-hybridized carbons (Fsp3) is 0.645. The maximum Gasteiger partial charge on any atom is 0.309 e. The third-order valence-corrected chi connectivity index (χ3v) is 8.60. The summed E-state index contributed by atoms with van der Waals surface area (Å²) in [4.78, 5) is 38.1. The molecule has 7 atom stereocenters. The summed E-state index contributed by atoms with van der Waals surface area (Å²) >= 11 is 0. The molecular formula is C31H44O7. The summed E-state index contributed by atoms with van der Waals surface area (Å²) in [6.45, 7) is 12.3. The summed E-state index contributed by atoms with van der Waals surface area (Å²) in [6, 6.07) is 7.27. The molecule has 0 saturated carbocycles. The molecule has 1 aromatic rings. The molecule has 2 N–H and O–H groups in total. The van der Waals surface area contributed by atoms with Crippen molar-refractivity contribution in [3.8, 4) is 0 Å². The zero-order valence-electron chi connectivity index (χ0n) is 23.8. The summed E-state index contributed by atoms with van der Waals surface area (Å²) in [6.07, 6.45) is 1.61. The Morgan fingerprint density at radius 3 is 2.45 bits per heavy atom. The molecule has 2 unspecified atom stereocenters. The molecule has 0 amide bonds. The molecule has 0 spiro atoms.